The Labute approximate surface area is 134 Å². The molecular formula is C16H20BrN3O. The molecule has 0 aliphatic rings. The lowest BCUT2D eigenvalue weighted by Crippen LogP contribution is -2.06. The van der Waals surface area contributed by atoms with E-state index in [2.05, 4.69) is 38.1 Å². The molecule has 0 amide bonds. The van der Waals surface area contributed by atoms with Gasteiger partial charge in [0.25, 0.3) is 0 Å². The van der Waals surface area contributed by atoms with E-state index in [1.807, 2.05) is 37.3 Å². The smallest absolute Gasteiger partial charge is 0.219 e. The molecule has 0 saturated heterocycles. The van der Waals surface area contributed by atoms with Gasteiger partial charge in [-0.15, -0.1) is 0 Å². The van der Waals surface area contributed by atoms with E-state index in [0.29, 0.717) is 12.5 Å². The Kier molecular flexibility index (Phi) is 5.99. The first-order valence-electron chi connectivity index (χ1n) is 7.20. The van der Waals surface area contributed by atoms with Gasteiger partial charge in [-0.05, 0) is 31.0 Å². The summed E-state index contributed by atoms with van der Waals surface area (Å²) in [5.41, 5.74) is 1.10. The van der Waals surface area contributed by atoms with Crippen molar-refractivity contribution in [2.75, 3.05) is 11.9 Å². The molecule has 0 radical (unpaired) electrons. The van der Waals surface area contributed by atoms with E-state index in [1.54, 1.807) is 0 Å². The van der Waals surface area contributed by atoms with Crippen LogP contribution < -0.4 is 10.1 Å². The van der Waals surface area contributed by atoms with Crippen LogP contribution in [0.5, 0.6) is 5.88 Å². The Hall–Kier alpha value is -1.62. The van der Waals surface area contributed by atoms with Gasteiger partial charge in [0, 0.05) is 23.5 Å². The lowest BCUT2D eigenvalue weighted by Gasteiger charge is -2.10. The second-order valence-corrected chi connectivity index (χ2v) is 5.62. The lowest BCUT2D eigenvalue weighted by molar-refractivity contribution is 0.292. The number of nitrogens with one attached hydrogen (secondary N) is 1. The molecule has 0 spiro atoms. The first-order chi connectivity index (χ1) is 10.2. The number of hydrogen-bond acceptors (Lipinski definition) is 4. The van der Waals surface area contributed by atoms with Gasteiger partial charge in [-0.2, -0.15) is 4.98 Å². The zero-order valence-corrected chi connectivity index (χ0v) is 14.0. The summed E-state index contributed by atoms with van der Waals surface area (Å²) in [6.07, 6.45) is 1.87. The molecule has 2 rings (SSSR count). The standard InChI is InChI=1S/C16H20BrN3O/c1-3-6-14-19-15(18-4-2)10-16(20-14)21-11-12-7-5-8-13(17)9-12/h5,7-10H,3-4,6,11H2,1-2H3,(H,18,19,20). The van der Waals surface area contributed by atoms with Gasteiger partial charge in [-0.25, -0.2) is 4.98 Å². The summed E-state index contributed by atoms with van der Waals surface area (Å²) < 4.78 is 6.86. The highest BCUT2D eigenvalue weighted by atomic mass is 79.9. The van der Waals surface area contributed by atoms with E-state index in [9.17, 15) is 0 Å². The van der Waals surface area contributed by atoms with Crippen molar-refractivity contribution >= 4 is 21.7 Å². The highest BCUT2D eigenvalue weighted by Gasteiger charge is 2.05. The molecule has 0 saturated carbocycles. The first-order valence-corrected chi connectivity index (χ1v) is 7.99. The number of hydrogen-bond donors (Lipinski definition) is 1. The molecule has 112 valence electrons. The fourth-order valence-electron chi connectivity index (χ4n) is 1.94. The molecule has 0 atom stereocenters. The van der Waals surface area contributed by atoms with E-state index in [0.717, 1.165) is 41.1 Å². The van der Waals surface area contributed by atoms with Crippen molar-refractivity contribution in [3.8, 4) is 5.88 Å². The topological polar surface area (TPSA) is 47.0 Å². The number of anilines is 1. The monoisotopic (exact) mass is 349 g/mol. The average Bonchev–Trinajstić information content (AvgIpc) is 2.46. The largest absolute Gasteiger partial charge is 0.473 e. The summed E-state index contributed by atoms with van der Waals surface area (Å²) in [7, 11) is 0. The maximum atomic E-state index is 5.81. The molecule has 4 nitrogen and oxygen atoms in total. The Morgan fingerprint density at radius 3 is 2.76 bits per heavy atom. The van der Waals surface area contributed by atoms with Gasteiger partial charge >= 0.3 is 0 Å². The summed E-state index contributed by atoms with van der Waals surface area (Å²) >= 11 is 3.46. The van der Waals surface area contributed by atoms with Crippen LogP contribution in [0.1, 0.15) is 31.7 Å². The number of aromatic nitrogens is 2. The van der Waals surface area contributed by atoms with Crippen LogP contribution >= 0.6 is 15.9 Å². The predicted octanol–water partition coefficient (Wildman–Crippen LogP) is 4.20. The molecule has 0 unspecified atom stereocenters. The molecule has 0 bridgehead atoms. The second-order valence-electron chi connectivity index (χ2n) is 4.71. The fraction of sp³-hybridized carbons (Fsp3) is 0.375. The number of aryl methyl sites for hydroxylation is 1. The second kappa shape index (κ2) is 7.98. The van der Waals surface area contributed by atoms with Crippen molar-refractivity contribution in [1.29, 1.82) is 0 Å². The summed E-state index contributed by atoms with van der Waals surface area (Å²) in [4.78, 5) is 8.93. The van der Waals surface area contributed by atoms with Gasteiger partial charge < -0.3 is 10.1 Å². The van der Waals surface area contributed by atoms with Crippen LogP contribution in [0, 0.1) is 0 Å². The van der Waals surface area contributed by atoms with E-state index >= 15 is 0 Å². The Bertz CT molecular complexity index is 565. The highest BCUT2D eigenvalue weighted by Crippen LogP contribution is 2.17. The normalized spacial score (nSPS) is 10.4. The van der Waals surface area contributed by atoms with Crippen molar-refractivity contribution in [2.45, 2.75) is 33.3 Å². The van der Waals surface area contributed by atoms with E-state index in [4.69, 9.17) is 4.74 Å². The van der Waals surface area contributed by atoms with Crippen LogP contribution in [0.3, 0.4) is 0 Å². The fourth-order valence-corrected chi connectivity index (χ4v) is 2.38. The van der Waals surface area contributed by atoms with Gasteiger partial charge in [0.2, 0.25) is 5.88 Å². The molecule has 1 heterocycles. The van der Waals surface area contributed by atoms with Crippen molar-refractivity contribution < 1.29 is 4.74 Å². The lowest BCUT2D eigenvalue weighted by atomic mass is 10.2. The summed E-state index contributed by atoms with van der Waals surface area (Å²) in [5, 5.41) is 3.22. The minimum atomic E-state index is 0.494. The molecule has 0 aliphatic heterocycles. The number of benzene rings is 1. The van der Waals surface area contributed by atoms with Crippen LogP contribution in [-0.4, -0.2) is 16.5 Å². The van der Waals surface area contributed by atoms with Crippen molar-refractivity contribution in [3.63, 3.8) is 0 Å². The molecule has 21 heavy (non-hydrogen) atoms. The molecule has 2 aromatic rings. The van der Waals surface area contributed by atoms with E-state index in [-0.39, 0.29) is 0 Å². The molecule has 5 heteroatoms. The van der Waals surface area contributed by atoms with Crippen LogP contribution in [0.15, 0.2) is 34.8 Å². The molecule has 0 aliphatic carbocycles. The molecule has 1 aromatic carbocycles. The van der Waals surface area contributed by atoms with Gasteiger partial charge in [-0.1, -0.05) is 35.0 Å². The minimum Gasteiger partial charge on any atom is -0.473 e. The Balaban J connectivity index is 2.10. The van der Waals surface area contributed by atoms with Crippen molar-refractivity contribution in [3.05, 3.63) is 46.2 Å². The number of rotatable bonds is 7. The van der Waals surface area contributed by atoms with Gasteiger partial charge in [-0.3, -0.25) is 0 Å². The maximum absolute atomic E-state index is 5.81. The molecule has 0 fully saturated rings. The van der Waals surface area contributed by atoms with E-state index in [1.165, 1.54) is 0 Å². The third-order valence-corrected chi connectivity index (χ3v) is 3.35. The third-order valence-electron chi connectivity index (χ3n) is 2.86. The molecule has 1 N–H and O–H groups in total. The predicted molar refractivity (Wildman–Crippen MR) is 88.7 cm³/mol. The highest BCUT2D eigenvalue weighted by molar-refractivity contribution is 9.10. The van der Waals surface area contributed by atoms with Crippen LogP contribution in [-0.2, 0) is 13.0 Å². The van der Waals surface area contributed by atoms with Gasteiger partial charge in [0.05, 0.1) is 0 Å². The average molecular weight is 350 g/mol. The summed E-state index contributed by atoms with van der Waals surface area (Å²) in [6.45, 7) is 5.48. The van der Waals surface area contributed by atoms with Crippen molar-refractivity contribution in [2.24, 2.45) is 0 Å². The maximum Gasteiger partial charge on any atom is 0.219 e. The third kappa shape index (κ3) is 5.01. The van der Waals surface area contributed by atoms with Crippen LogP contribution in [0.4, 0.5) is 5.82 Å². The zero-order valence-electron chi connectivity index (χ0n) is 12.4. The van der Waals surface area contributed by atoms with Crippen LogP contribution in [0.2, 0.25) is 0 Å². The number of halogens is 1. The summed E-state index contributed by atoms with van der Waals surface area (Å²) in [5.74, 6) is 2.25. The van der Waals surface area contributed by atoms with Crippen LogP contribution in [0.25, 0.3) is 0 Å². The SMILES string of the molecule is CCCc1nc(NCC)cc(OCc2cccc(Br)c2)n1. The van der Waals surface area contributed by atoms with Gasteiger partial charge in [0.15, 0.2) is 0 Å². The van der Waals surface area contributed by atoms with Gasteiger partial charge in [0.1, 0.15) is 18.2 Å². The van der Waals surface area contributed by atoms with E-state index < -0.39 is 0 Å². The minimum absolute atomic E-state index is 0.494. The van der Waals surface area contributed by atoms with Crippen molar-refractivity contribution in [1.82, 2.24) is 9.97 Å². The Morgan fingerprint density at radius 1 is 1.19 bits per heavy atom. The number of nitrogens with zero attached hydrogens (tertiary/aromatic N) is 2. The number of ether oxygens (including phenoxy) is 1. The zero-order chi connectivity index (χ0) is 15.1. The summed E-state index contributed by atoms with van der Waals surface area (Å²) in [6, 6.07) is 9.91. The molecule has 1 aromatic heterocycles. The Morgan fingerprint density at radius 2 is 2.05 bits per heavy atom. The molecular weight excluding hydrogens is 330 g/mol. The first kappa shape index (κ1) is 15.8. The quantitative estimate of drug-likeness (QED) is 0.813.